The molecule has 0 aliphatic rings. The summed E-state index contributed by atoms with van der Waals surface area (Å²) in [6.45, 7) is 4.45. The fourth-order valence-corrected chi connectivity index (χ4v) is 5.09. The molecule has 0 radical (unpaired) electrons. The number of ether oxygens (including phenoxy) is 2. The molecule has 0 amide bonds. The first kappa shape index (κ1) is 31.1. The monoisotopic (exact) mass is 542 g/mol. The van der Waals surface area contributed by atoms with Gasteiger partial charge >= 0.3 is 11.9 Å². The predicted octanol–water partition coefficient (Wildman–Crippen LogP) is 9.93. The number of carbonyl (C=O) groups is 2. The first-order chi connectivity index (χ1) is 19.6. The van der Waals surface area contributed by atoms with Crippen molar-refractivity contribution < 1.29 is 19.1 Å². The van der Waals surface area contributed by atoms with Gasteiger partial charge in [0.15, 0.2) is 0 Å². The van der Waals surface area contributed by atoms with Crippen molar-refractivity contribution in [3.05, 3.63) is 95.1 Å². The molecule has 0 spiro atoms. The molecular weight excluding hydrogens is 496 g/mol. The van der Waals surface area contributed by atoms with Gasteiger partial charge in [0, 0.05) is 0 Å². The summed E-state index contributed by atoms with van der Waals surface area (Å²) < 4.78 is 11.5. The Kier molecular flexibility index (Phi) is 14.0. The van der Waals surface area contributed by atoms with Gasteiger partial charge in [-0.3, -0.25) is 0 Å². The highest BCUT2D eigenvalue weighted by atomic mass is 16.5. The average Bonchev–Trinajstić information content (AvgIpc) is 2.97. The van der Waals surface area contributed by atoms with E-state index in [2.05, 4.69) is 13.8 Å². The average molecular weight is 543 g/mol. The molecule has 4 heteroatoms. The highest BCUT2D eigenvalue weighted by Gasteiger charge is 2.26. The number of carbonyl (C=O) groups excluding carboxylic acids is 2. The quantitative estimate of drug-likeness (QED) is 0.0911. The summed E-state index contributed by atoms with van der Waals surface area (Å²) >= 11 is 0. The molecule has 0 N–H and O–H groups in total. The molecule has 0 aromatic heterocycles. The Morgan fingerprint density at radius 3 is 1.55 bits per heavy atom. The summed E-state index contributed by atoms with van der Waals surface area (Å²) in [4.78, 5) is 27.2. The second-order valence-electron chi connectivity index (χ2n) is 10.6. The minimum absolute atomic E-state index is 0.262. The minimum atomic E-state index is -0.540. The van der Waals surface area contributed by atoms with E-state index in [0.717, 1.165) is 49.7 Å². The van der Waals surface area contributed by atoms with Crippen molar-refractivity contribution in [2.24, 2.45) is 0 Å². The third-order valence-corrected chi connectivity index (χ3v) is 7.32. The largest absolute Gasteiger partial charge is 0.423 e. The number of hydrogen-bond donors (Lipinski definition) is 0. The fourth-order valence-electron chi connectivity index (χ4n) is 5.09. The van der Waals surface area contributed by atoms with Gasteiger partial charge in [0.2, 0.25) is 0 Å². The third kappa shape index (κ3) is 10.3. The molecule has 3 aromatic carbocycles. The zero-order valence-electron chi connectivity index (χ0n) is 24.5. The van der Waals surface area contributed by atoms with Crippen LogP contribution in [-0.2, 0) is 12.8 Å². The summed E-state index contributed by atoms with van der Waals surface area (Å²) in [6, 6.07) is 21.8. The lowest BCUT2D eigenvalue weighted by Gasteiger charge is -2.18. The van der Waals surface area contributed by atoms with Crippen molar-refractivity contribution in [3.8, 4) is 11.5 Å². The molecule has 40 heavy (non-hydrogen) atoms. The Labute approximate surface area is 241 Å². The van der Waals surface area contributed by atoms with Gasteiger partial charge in [-0.2, -0.15) is 0 Å². The maximum Gasteiger partial charge on any atom is 0.344 e. The molecule has 0 aliphatic heterocycles. The van der Waals surface area contributed by atoms with Crippen LogP contribution in [0.15, 0.2) is 72.8 Å². The Morgan fingerprint density at radius 2 is 1.00 bits per heavy atom. The van der Waals surface area contributed by atoms with E-state index in [1.54, 1.807) is 30.3 Å². The van der Waals surface area contributed by atoms with Crippen LogP contribution in [0.2, 0.25) is 0 Å². The Morgan fingerprint density at radius 1 is 0.525 bits per heavy atom. The Hall–Kier alpha value is -3.40. The molecule has 0 saturated heterocycles. The zero-order valence-corrected chi connectivity index (χ0v) is 24.5. The lowest BCUT2D eigenvalue weighted by Crippen LogP contribution is -2.21. The number of esters is 2. The zero-order chi connectivity index (χ0) is 28.4. The van der Waals surface area contributed by atoms with Gasteiger partial charge in [0.05, 0.1) is 11.1 Å². The van der Waals surface area contributed by atoms with Crippen molar-refractivity contribution in [2.45, 2.75) is 104 Å². The summed E-state index contributed by atoms with van der Waals surface area (Å²) in [6.07, 6.45) is 15.8. The summed E-state index contributed by atoms with van der Waals surface area (Å²) in [5.74, 6) is -0.135. The standard InChI is InChI=1S/C36H46O4/c1-3-5-7-9-11-15-21-29-27-28-33(35(37)39-30-22-16-13-17-23-30)34(32(29)26-20-12-10-8-6-4-2)36(38)40-31-24-18-14-19-25-31/h13-14,16-19,22-25,27-28H,3-12,15,20-21,26H2,1-2H3. The van der Waals surface area contributed by atoms with E-state index in [4.69, 9.17) is 9.47 Å². The van der Waals surface area contributed by atoms with Crippen molar-refractivity contribution >= 4 is 11.9 Å². The van der Waals surface area contributed by atoms with Crippen LogP contribution in [0.25, 0.3) is 0 Å². The lowest BCUT2D eigenvalue weighted by atomic mass is 9.89. The molecule has 0 bridgehead atoms. The van der Waals surface area contributed by atoms with E-state index in [1.165, 1.54) is 51.4 Å². The van der Waals surface area contributed by atoms with Crippen molar-refractivity contribution in [1.29, 1.82) is 0 Å². The van der Waals surface area contributed by atoms with Crippen molar-refractivity contribution in [1.82, 2.24) is 0 Å². The molecule has 3 aromatic rings. The molecule has 3 rings (SSSR count). The molecule has 0 saturated carbocycles. The van der Waals surface area contributed by atoms with Gasteiger partial charge in [0.1, 0.15) is 11.5 Å². The molecule has 214 valence electrons. The second-order valence-corrected chi connectivity index (χ2v) is 10.6. The van der Waals surface area contributed by atoms with Gasteiger partial charge in [-0.15, -0.1) is 0 Å². The third-order valence-electron chi connectivity index (χ3n) is 7.32. The topological polar surface area (TPSA) is 52.6 Å². The number of hydrogen-bond acceptors (Lipinski definition) is 4. The number of benzene rings is 3. The summed E-state index contributed by atoms with van der Waals surface area (Å²) in [7, 11) is 0. The first-order valence-electron chi connectivity index (χ1n) is 15.3. The molecule has 0 aliphatic carbocycles. The van der Waals surface area contributed by atoms with Gasteiger partial charge in [-0.1, -0.05) is 121 Å². The van der Waals surface area contributed by atoms with Crippen LogP contribution in [0.1, 0.15) is 123 Å². The van der Waals surface area contributed by atoms with Crippen LogP contribution in [0.4, 0.5) is 0 Å². The molecule has 0 unspecified atom stereocenters. The highest BCUT2D eigenvalue weighted by molar-refractivity contribution is 6.05. The Bertz CT molecular complexity index is 1150. The van der Waals surface area contributed by atoms with Crippen LogP contribution in [0.5, 0.6) is 11.5 Å². The molecule has 0 atom stereocenters. The van der Waals surface area contributed by atoms with Crippen molar-refractivity contribution in [3.63, 3.8) is 0 Å². The van der Waals surface area contributed by atoms with Gasteiger partial charge in [-0.05, 0) is 67.1 Å². The van der Waals surface area contributed by atoms with Crippen LogP contribution in [-0.4, -0.2) is 11.9 Å². The molecular formula is C36H46O4. The van der Waals surface area contributed by atoms with E-state index in [-0.39, 0.29) is 5.56 Å². The normalized spacial score (nSPS) is 10.8. The van der Waals surface area contributed by atoms with Crippen molar-refractivity contribution in [2.75, 3.05) is 0 Å². The summed E-state index contributed by atoms with van der Waals surface area (Å²) in [5.41, 5.74) is 2.69. The van der Waals surface area contributed by atoms with E-state index >= 15 is 0 Å². The molecule has 4 nitrogen and oxygen atoms in total. The van der Waals surface area contributed by atoms with Crippen LogP contribution in [0.3, 0.4) is 0 Å². The maximum absolute atomic E-state index is 13.8. The van der Waals surface area contributed by atoms with Gasteiger partial charge in [0.25, 0.3) is 0 Å². The smallest absolute Gasteiger partial charge is 0.344 e. The fraction of sp³-hybridized carbons (Fsp3) is 0.444. The molecule has 0 heterocycles. The lowest BCUT2D eigenvalue weighted by molar-refractivity contribution is 0.0690. The van der Waals surface area contributed by atoms with E-state index < -0.39 is 11.9 Å². The second kappa shape index (κ2) is 18.0. The minimum Gasteiger partial charge on any atom is -0.423 e. The van der Waals surface area contributed by atoms with Gasteiger partial charge < -0.3 is 9.47 Å². The number of unbranched alkanes of at least 4 members (excludes halogenated alkanes) is 10. The van der Waals surface area contributed by atoms with E-state index in [0.29, 0.717) is 17.1 Å². The first-order valence-corrected chi connectivity index (χ1v) is 15.3. The number of rotatable bonds is 18. The SMILES string of the molecule is CCCCCCCCc1ccc(C(=O)Oc2ccccc2)c(C(=O)Oc2ccccc2)c1CCCCCCCC. The maximum atomic E-state index is 13.8. The molecule has 0 fully saturated rings. The number of para-hydroxylation sites is 2. The van der Waals surface area contributed by atoms with Crippen LogP contribution >= 0.6 is 0 Å². The van der Waals surface area contributed by atoms with Crippen LogP contribution in [0, 0.1) is 0 Å². The van der Waals surface area contributed by atoms with Gasteiger partial charge in [-0.25, -0.2) is 9.59 Å². The number of aryl methyl sites for hydroxylation is 1. The van der Waals surface area contributed by atoms with E-state index in [1.807, 2.05) is 42.5 Å². The predicted molar refractivity (Wildman–Crippen MR) is 163 cm³/mol. The van der Waals surface area contributed by atoms with Crippen LogP contribution < -0.4 is 9.47 Å². The Balaban J connectivity index is 1.92. The van der Waals surface area contributed by atoms with E-state index in [9.17, 15) is 9.59 Å². The highest BCUT2D eigenvalue weighted by Crippen LogP contribution is 2.27. The summed E-state index contributed by atoms with van der Waals surface area (Å²) in [5, 5.41) is 0.